The third-order valence-electron chi connectivity index (χ3n) is 2.96. The zero-order valence-electron chi connectivity index (χ0n) is 16.8. The summed E-state index contributed by atoms with van der Waals surface area (Å²) in [6, 6.07) is 7.53. The van der Waals surface area contributed by atoms with Crippen LogP contribution in [0.15, 0.2) is 30.5 Å². The zero-order chi connectivity index (χ0) is 18.7. The maximum atomic E-state index is 5.01. The molecule has 0 radical (unpaired) electrons. The highest BCUT2D eigenvalue weighted by molar-refractivity contribution is 5.39. The molecule has 0 spiro atoms. The molecule has 26 heavy (non-hydrogen) atoms. The van der Waals surface area contributed by atoms with Crippen molar-refractivity contribution in [2.24, 2.45) is 13.0 Å². The van der Waals surface area contributed by atoms with Gasteiger partial charge in [0.25, 0.3) is 0 Å². The fraction of sp³-hybridized carbons (Fsp3) is 0.591. The van der Waals surface area contributed by atoms with E-state index >= 15 is 0 Å². The zero-order valence-corrected chi connectivity index (χ0v) is 16.8. The predicted octanol–water partition coefficient (Wildman–Crippen LogP) is 6.49. The number of aryl methyl sites for hydroxylation is 2. The van der Waals surface area contributed by atoms with E-state index in [-0.39, 0.29) is 14.9 Å². The highest BCUT2D eigenvalue weighted by atomic mass is 16.5. The molecule has 1 heterocycles. The summed E-state index contributed by atoms with van der Waals surface area (Å²) in [5.41, 5.74) is 2.50. The normalized spacial score (nSPS) is 9.04. The first kappa shape index (κ1) is 28.8. The monoisotopic (exact) mass is 366 g/mol. The molecule has 152 valence electrons. The van der Waals surface area contributed by atoms with E-state index in [1.54, 1.807) is 14.2 Å². The first-order chi connectivity index (χ1) is 11.2. The fourth-order valence-electron chi connectivity index (χ4n) is 1.97. The average molecular weight is 367 g/mol. The Bertz CT molecular complexity index is 550. The summed E-state index contributed by atoms with van der Waals surface area (Å²) in [5, 5.41) is 4.25. The van der Waals surface area contributed by atoms with Crippen molar-refractivity contribution < 1.29 is 9.47 Å². The summed E-state index contributed by atoms with van der Waals surface area (Å²) in [4.78, 5) is 0. The van der Waals surface area contributed by atoms with Crippen LogP contribution in [0.25, 0.3) is 0 Å². The molecule has 2 rings (SSSR count). The molecule has 4 nitrogen and oxygen atoms in total. The molecular formula is C22H42N2O2. The van der Waals surface area contributed by atoms with Crippen LogP contribution >= 0.6 is 0 Å². The Kier molecular flexibility index (Phi) is 17.0. The lowest BCUT2D eigenvalue weighted by Gasteiger charge is -2.04. The predicted molar refractivity (Wildman–Crippen MR) is 116 cm³/mol. The maximum absolute atomic E-state index is 5.01. The molecule has 0 aliphatic rings. The van der Waals surface area contributed by atoms with Crippen LogP contribution in [0.5, 0.6) is 11.5 Å². The molecule has 0 aliphatic heterocycles. The number of para-hydroxylation sites is 2. The van der Waals surface area contributed by atoms with Crippen LogP contribution in [0.3, 0.4) is 0 Å². The van der Waals surface area contributed by atoms with Crippen LogP contribution in [0.2, 0.25) is 0 Å². The second kappa shape index (κ2) is 15.3. The van der Waals surface area contributed by atoms with Crippen molar-refractivity contribution in [1.29, 1.82) is 0 Å². The number of hydrogen-bond acceptors (Lipinski definition) is 3. The highest BCUT2D eigenvalue weighted by Crippen LogP contribution is 2.24. The molecular weight excluding hydrogens is 324 g/mol. The quantitative estimate of drug-likeness (QED) is 0.623. The Hall–Kier alpha value is -1.97. The number of benzene rings is 1. The van der Waals surface area contributed by atoms with Crippen molar-refractivity contribution in [3.05, 3.63) is 41.7 Å². The minimum absolute atomic E-state index is 0. The van der Waals surface area contributed by atoms with Gasteiger partial charge < -0.3 is 9.47 Å². The summed E-state index contributed by atoms with van der Waals surface area (Å²) in [7, 11) is 5.20. The Morgan fingerprint density at radius 2 is 1.27 bits per heavy atom. The number of aromatic nitrogens is 2. The largest absolute Gasteiger partial charge is 0.493 e. The van der Waals surface area contributed by atoms with Crippen LogP contribution in [-0.2, 0) is 7.05 Å². The molecule has 0 saturated heterocycles. The van der Waals surface area contributed by atoms with Gasteiger partial charge in [-0.3, -0.25) is 4.68 Å². The topological polar surface area (TPSA) is 36.3 Å². The van der Waals surface area contributed by atoms with Gasteiger partial charge in [-0.05, 0) is 36.5 Å². The summed E-state index contributed by atoms with van der Waals surface area (Å²) in [5.74, 6) is 2.96. The molecule has 1 aromatic carbocycles. The van der Waals surface area contributed by atoms with Gasteiger partial charge in [0.1, 0.15) is 0 Å². The van der Waals surface area contributed by atoms with Crippen LogP contribution in [0.4, 0.5) is 0 Å². The highest BCUT2D eigenvalue weighted by Gasteiger charge is 2.05. The van der Waals surface area contributed by atoms with Crippen molar-refractivity contribution in [2.75, 3.05) is 14.2 Å². The van der Waals surface area contributed by atoms with Crippen molar-refractivity contribution in [3.63, 3.8) is 0 Å². The fourth-order valence-corrected chi connectivity index (χ4v) is 1.97. The molecule has 0 fully saturated rings. The van der Waals surface area contributed by atoms with Crippen molar-refractivity contribution in [1.82, 2.24) is 9.78 Å². The molecule has 0 aliphatic carbocycles. The van der Waals surface area contributed by atoms with Gasteiger partial charge in [0, 0.05) is 13.2 Å². The second-order valence-corrected chi connectivity index (χ2v) is 6.59. The number of hydrogen-bond donors (Lipinski definition) is 0. The van der Waals surface area contributed by atoms with Gasteiger partial charge in [0.2, 0.25) is 0 Å². The van der Waals surface area contributed by atoms with E-state index in [4.69, 9.17) is 9.47 Å². The van der Waals surface area contributed by atoms with Gasteiger partial charge in [0.15, 0.2) is 11.5 Å². The Morgan fingerprint density at radius 1 is 0.885 bits per heavy atom. The third-order valence-corrected chi connectivity index (χ3v) is 2.96. The summed E-state index contributed by atoms with van der Waals surface area (Å²) >= 11 is 0. The lowest BCUT2D eigenvalue weighted by Crippen LogP contribution is -1.88. The van der Waals surface area contributed by atoms with E-state index in [1.807, 2.05) is 36.0 Å². The molecule has 0 saturated carbocycles. The molecule has 1 aromatic heterocycles. The van der Waals surface area contributed by atoms with Crippen molar-refractivity contribution >= 4 is 0 Å². The molecule has 0 N–H and O–H groups in total. The number of rotatable bonds is 3. The van der Waals surface area contributed by atoms with Gasteiger partial charge in [-0.2, -0.15) is 5.10 Å². The molecule has 2 aromatic rings. The van der Waals surface area contributed by atoms with Gasteiger partial charge in [-0.15, -0.1) is 0 Å². The van der Waals surface area contributed by atoms with Gasteiger partial charge in [-0.25, -0.2) is 0 Å². The van der Waals surface area contributed by atoms with Crippen LogP contribution in [-0.4, -0.2) is 24.0 Å². The first-order valence-corrected chi connectivity index (χ1v) is 8.40. The van der Waals surface area contributed by atoms with E-state index in [0.717, 1.165) is 23.1 Å². The van der Waals surface area contributed by atoms with E-state index < -0.39 is 0 Å². The lowest BCUT2D eigenvalue weighted by molar-refractivity contribution is 0.355. The molecule has 0 atom stereocenters. The molecule has 0 bridgehead atoms. The Labute approximate surface area is 162 Å². The smallest absolute Gasteiger partial charge is 0.160 e. The average Bonchev–Trinajstić information content (AvgIpc) is 2.86. The molecule has 0 amide bonds. The van der Waals surface area contributed by atoms with Crippen LogP contribution in [0.1, 0.15) is 66.6 Å². The summed E-state index contributed by atoms with van der Waals surface area (Å²) in [6.07, 6.45) is 2.08. The number of methoxy groups -OCH3 is 2. The van der Waals surface area contributed by atoms with E-state index in [1.165, 1.54) is 5.56 Å². The first-order valence-electron chi connectivity index (χ1n) is 8.40. The minimum Gasteiger partial charge on any atom is -0.493 e. The SMILES string of the molecule is C.C.CC(C)C.COc1ccccc1OC.Cc1nn(C)cc1C(C)C. The van der Waals surface area contributed by atoms with E-state index in [2.05, 4.69) is 52.8 Å². The van der Waals surface area contributed by atoms with Crippen LogP contribution < -0.4 is 9.47 Å². The van der Waals surface area contributed by atoms with Crippen LogP contribution in [0, 0.1) is 12.8 Å². The van der Waals surface area contributed by atoms with Gasteiger partial charge in [0.05, 0.1) is 19.9 Å². The maximum Gasteiger partial charge on any atom is 0.160 e. The standard InChI is InChI=1S/C8H14N2.C8H10O2.C4H10.2CH4/c1-6(2)8-5-10(4)9-7(8)3;1-9-7-5-3-4-6-8(7)10-2;1-4(2)3;;/h5-6H,1-4H3;3-6H,1-2H3;4H,1-3H3;2*1H4. The Balaban J connectivity index is -0.000000319. The van der Waals surface area contributed by atoms with Crippen molar-refractivity contribution in [2.45, 2.75) is 62.3 Å². The van der Waals surface area contributed by atoms with Gasteiger partial charge in [-0.1, -0.05) is 61.6 Å². The minimum atomic E-state index is 0. The second-order valence-electron chi connectivity index (χ2n) is 6.59. The van der Waals surface area contributed by atoms with Gasteiger partial charge >= 0.3 is 0 Å². The number of nitrogens with zero attached hydrogens (tertiary/aromatic N) is 2. The van der Waals surface area contributed by atoms with E-state index in [9.17, 15) is 0 Å². The number of ether oxygens (including phenoxy) is 2. The molecule has 0 unspecified atom stereocenters. The van der Waals surface area contributed by atoms with Crippen molar-refractivity contribution in [3.8, 4) is 11.5 Å². The lowest BCUT2D eigenvalue weighted by atomic mass is 10.1. The van der Waals surface area contributed by atoms with E-state index in [0.29, 0.717) is 5.92 Å². The summed E-state index contributed by atoms with van der Waals surface area (Å²) in [6.45, 7) is 12.9. The third kappa shape index (κ3) is 11.6. The molecule has 4 heteroatoms. The Morgan fingerprint density at radius 3 is 1.46 bits per heavy atom. The summed E-state index contributed by atoms with van der Waals surface area (Å²) < 4.78 is 11.9.